The van der Waals surface area contributed by atoms with E-state index in [1.54, 1.807) is 6.07 Å². The zero-order valence-electron chi connectivity index (χ0n) is 11.2. The molecule has 0 unspecified atom stereocenters. The second-order valence-corrected chi connectivity index (χ2v) is 7.39. The lowest BCUT2D eigenvalue weighted by Crippen LogP contribution is -2.33. The van der Waals surface area contributed by atoms with Crippen LogP contribution in [0.3, 0.4) is 0 Å². The van der Waals surface area contributed by atoms with Crippen molar-refractivity contribution in [3.63, 3.8) is 0 Å². The van der Waals surface area contributed by atoms with Gasteiger partial charge in [-0.05, 0) is 28.1 Å². The van der Waals surface area contributed by atoms with Crippen LogP contribution >= 0.6 is 27.3 Å². The third-order valence-corrected chi connectivity index (χ3v) is 5.16. The van der Waals surface area contributed by atoms with Crippen molar-refractivity contribution < 1.29 is 14.9 Å². The topological polar surface area (TPSA) is 105 Å². The first kappa shape index (κ1) is 15.6. The Bertz CT molecular complexity index is 798. The number of aromatic amines is 1. The normalized spacial score (nSPS) is 24.8. The van der Waals surface area contributed by atoms with E-state index in [1.807, 2.05) is 6.07 Å². The molecule has 0 saturated carbocycles. The summed E-state index contributed by atoms with van der Waals surface area (Å²) in [5.41, 5.74) is -0.742. The molecule has 9 heteroatoms. The summed E-state index contributed by atoms with van der Waals surface area (Å²) in [6.45, 7) is -0.333. The van der Waals surface area contributed by atoms with Gasteiger partial charge < -0.3 is 14.9 Å². The van der Waals surface area contributed by atoms with Gasteiger partial charge in [-0.15, -0.1) is 11.3 Å². The summed E-state index contributed by atoms with van der Waals surface area (Å²) >= 11 is 4.70. The second-order valence-electron chi connectivity index (χ2n) is 4.93. The zero-order chi connectivity index (χ0) is 15.9. The molecule has 3 atom stereocenters. The monoisotopic (exact) mass is 388 g/mol. The molecule has 1 fully saturated rings. The van der Waals surface area contributed by atoms with Crippen molar-refractivity contribution in [2.45, 2.75) is 24.9 Å². The quantitative estimate of drug-likeness (QED) is 0.716. The molecule has 118 valence electrons. The summed E-state index contributed by atoms with van der Waals surface area (Å²) < 4.78 is 7.57. The van der Waals surface area contributed by atoms with E-state index in [0.717, 1.165) is 3.79 Å². The molecule has 0 radical (unpaired) electrons. The van der Waals surface area contributed by atoms with Gasteiger partial charge in [0, 0.05) is 17.5 Å². The Morgan fingerprint density at radius 1 is 1.45 bits per heavy atom. The second kappa shape index (κ2) is 6.09. The molecule has 0 bridgehead atoms. The fourth-order valence-corrected chi connectivity index (χ4v) is 3.78. The number of hydrogen-bond donors (Lipinski definition) is 3. The number of nitrogens with one attached hydrogen (secondary N) is 1. The van der Waals surface area contributed by atoms with Crippen LogP contribution in [0.25, 0.3) is 10.4 Å². The van der Waals surface area contributed by atoms with Crippen molar-refractivity contribution in [1.82, 2.24) is 9.55 Å². The molecule has 2 aromatic rings. The van der Waals surface area contributed by atoms with Gasteiger partial charge in [-0.1, -0.05) is 0 Å². The van der Waals surface area contributed by atoms with E-state index >= 15 is 0 Å². The van der Waals surface area contributed by atoms with Crippen LogP contribution in [-0.4, -0.2) is 38.6 Å². The van der Waals surface area contributed by atoms with Gasteiger partial charge in [-0.3, -0.25) is 14.3 Å². The van der Waals surface area contributed by atoms with Gasteiger partial charge in [-0.25, -0.2) is 4.79 Å². The number of rotatable bonds is 3. The molecule has 3 heterocycles. The van der Waals surface area contributed by atoms with Gasteiger partial charge >= 0.3 is 5.69 Å². The number of aromatic nitrogens is 2. The maximum absolute atomic E-state index is 12.0. The molecular weight excluding hydrogens is 376 g/mol. The summed E-state index contributed by atoms with van der Waals surface area (Å²) in [6, 6.07) is 3.58. The number of hydrogen-bond acceptors (Lipinski definition) is 6. The fourth-order valence-electron chi connectivity index (χ4n) is 2.38. The number of thiophene rings is 1. The molecule has 2 aromatic heterocycles. The van der Waals surface area contributed by atoms with Crippen LogP contribution in [0, 0.1) is 0 Å². The van der Waals surface area contributed by atoms with Crippen molar-refractivity contribution in [2.75, 3.05) is 6.61 Å². The Labute approximate surface area is 136 Å². The van der Waals surface area contributed by atoms with Crippen molar-refractivity contribution in [1.29, 1.82) is 0 Å². The fraction of sp³-hybridized carbons (Fsp3) is 0.385. The number of aliphatic hydroxyl groups is 2. The standard InChI is InChI=1S/C13H13BrN2O5S/c14-10-2-1-9(22-10)6-4-16(13(20)15-12(6)19)11-3-7(18)8(5-17)21-11/h1-2,4,7-8,11,17-18H,3,5H2,(H,15,19,20)/t7-,8+,11-/m0/s1. The van der Waals surface area contributed by atoms with Gasteiger partial charge in [0.15, 0.2) is 0 Å². The molecule has 0 aromatic carbocycles. The van der Waals surface area contributed by atoms with Crippen LogP contribution in [0.1, 0.15) is 12.6 Å². The predicted molar refractivity (Wildman–Crippen MR) is 84.0 cm³/mol. The summed E-state index contributed by atoms with van der Waals surface area (Å²) in [5.74, 6) is 0. The molecule has 7 nitrogen and oxygen atoms in total. The van der Waals surface area contributed by atoms with Crippen LogP contribution in [0.4, 0.5) is 0 Å². The number of halogens is 1. The summed E-state index contributed by atoms with van der Waals surface area (Å²) in [7, 11) is 0. The predicted octanol–water partition coefficient (Wildman–Crippen LogP) is 0.668. The van der Waals surface area contributed by atoms with Gasteiger partial charge in [-0.2, -0.15) is 0 Å². The van der Waals surface area contributed by atoms with Crippen LogP contribution < -0.4 is 11.2 Å². The van der Waals surface area contributed by atoms with E-state index in [2.05, 4.69) is 20.9 Å². The highest BCUT2D eigenvalue weighted by molar-refractivity contribution is 9.11. The van der Waals surface area contributed by atoms with Crippen molar-refractivity contribution >= 4 is 27.3 Å². The minimum atomic E-state index is -0.854. The van der Waals surface area contributed by atoms with Crippen molar-refractivity contribution in [3.8, 4) is 10.4 Å². The summed E-state index contributed by atoms with van der Waals surface area (Å²) in [4.78, 5) is 27.0. The molecule has 1 saturated heterocycles. The van der Waals surface area contributed by atoms with Crippen molar-refractivity contribution in [2.24, 2.45) is 0 Å². The number of ether oxygens (including phenoxy) is 1. The first-order valence-corrected chi connectivity index (χ1v) is 8.16. The molecule has 22 heavy (non-hydrogen) atoms. The van der Waals surface area contributed by atoms with E-state index in [4.69, 9.17) is 9.84 Å². The molecular formula is C13H13BrN2O5S. The Hall–Kier alpha value is -1.26. The lowest BCUT2D eigenvalue weighted by molar-refractivity contribution is -0.0458. The van der Waals surface area contributed by atoms with Crippen LogP contribution in [0.2, 0.25) is 0 Å². The highest BCUT2D eigenvalue weighted by Gasteiger charge is 2.35. The maximum Gasteiger partial charge on any atom is 0.330 e. The molecule has 3 rings (SSSR count). The lowest BCUT2D eigenvalue weighted by Gasteiger charge is -2.15. The first-order chi connectivity index (χ1) is 10.5. The molecule has 1 aliphatic heterocycles. The minimum Gasteiger partial charge on any atom is -0.394 e. The highest BCUT2D eigenvalue weighted by Crippen LogP contribution is 2.31. The third-order valence-electron chi connectivity index (χ3n) is 3.50. The van der Waals surface area contributed by atoms with Gasteiger partial charge in [0.05, 0.1) is 22.1 Å². The van der Waals surface area contributed by atoms with E-state index < -0.39 is 29.7 Å². The Balaban J connectivity index is 2.03. The first-order valence-electron chi connectivity index (χ1n) is 6.55. The van der Waals surface area contributed by atoms with E-state index in [-0.39, 0.29) is 13.0 Å². The summed E-state index contributed by atoms with van der Waals surface area (Å²) in [6.07, 6.45) is -0.712. The van der Waals surface area contributed by atoms with Crippen LogP contribution in [0.15, 0.2) is 31.7 Å². The smallest absolute Gasteiger partial charge is 0.330 e. The van der Waals surface area contributed by atoms with E-state index in [0.29, 0.717) is 10.4 Å². The van der Waals surface area contributed by atoms with Crippen molar-refractivity contribution in [3.05, 3.63) is 43.0 Å². The SMILES string of the molecule is O=c1[nH]c(=O)n([C@@H]2C[C@H](O)[C@@H](CO)O2)cc1-c1ccc(Br)s1. The molecule has 3 N–H and O–H groups in total. The largest absolute Gasteiger partial charge is 0.394 e. The number of aliphatic hydroxyl groups excluding tert-OH is 2. The molecule has 0 aliphatic carbocycles. The number of nitrogens with zero attached hydrogens (tertiary/aromatic N) is 1. The highest BCUT2D eigenvalue weighted by atomic mass is 79.9. The van der Waals surface area contributed by atoms with Crippen LogP contribution in [-0.2, 0) is 4.74 Å². The Morgan fingerprint density at radius 2 is 2.23 bits per heavy atom. The molecule has 0 spiro atoms. The van der Waals surface area contributed by atoms with E-state index in [1.165, 1.54) is 22.1 Å². The molecule has 0 amide bonds. The lowest BCUT2D eigenvalue weighted by atomic mass is 10.2. The van der Waals surface area contributed by atoms with Crippen LogP contribution in [0.5, 0.6) is 0 Å². The van der Waals surface area contributed by atoms with Gasteiger partial charge in [0.1, 0.15) is 12.3 Å². The Kier molecular flexibility index (Phi) is 4.33. The average molecular weight is 389 g/mol. The van der Waals surface area contributed by atoms with E-state index in [9.17, 15) is 14.7 Å². The van der Waals surface area contributed by atoms with Gasteiger partial charge in [0.2, 0.25) is 0 Å². The Morgan fingerprint density at radius 3 is 2.82 bits per heavy atom. The van der Waals surface area contributed by atoms with Gasteiger partial charge in [0.25, 0.3) is 5.56 Å². The summed E-state index contributed by atoms with van der Waals surface area (Å²) in [5, 5.41) is 18.9. The molecule has 1 aliphatic rings. The number of H-pyrrole nitrogens is 1. The average Bonchev–Trinajstić information content (AvgIpc) is 3.05. The zero-order valence-corrected chi connectivity index (χ0v) is 13.6. The maximum atomic E-state index is 12.0. The third kappa shape index (κ3) is 2.82. The minimum absolute atomic E-state index is 0.171.